The fourth-order valence-corrected chi connectivity index (χ4v) is 3.91. The van der Waals surface area contributed by atoms with E-state index in [9.17, 15) is 14.4 Å². The first-order chi connectivity index (χ1) is 15.2. The zero-order valence-corrected chi connectivity index (χ0v) is 18.7. The van der Waals surface area contributed by atoms with Crippen LogP contribution in [0.25, 0.3) is 11.1 Å². The second-order valence-corrected chi connectivity index (χ2v) is 8.74. The van der Waals surface area contributed by atoms with Crippen molar-refractivity contribution >= 4 is 18.0 Å². The molecule has 0 radical (unpaired) electrons. The molecule has 3 N–H and O–H groups in total. The first-order valence-electron chi connectivity index (χ1n) is 10.8. The van der Waals surface area contributed by atoms with Crippen molar-refractivity contribution in [1.29, 1.82) is 0 Å². The number of carbonyl (C=O) groups excluding carboxylic acids is 2. The van der Waals surface area contributed by atoms with E-state index in [0.29, 0.717) is 6.42 Å². The summed E-state index contributed by atoms with van der Waals surface area (Å²) in [5.41, 5.74) is 3.65. The SMILES string of the molecule is CCC(CC(=O)O)NC(=O)C(C)(C)CNC(=O)OCC1c2ccccc2-c2ccccc21. The van der Waals surface area contributed by atoms with Crippen LogP contribution in [0.5, 0.6) is 0 Å². The average Bonchev–Trinajstić information content (AvgIpc) is 3.09. The highest BCUT2D eigenvalue weighted by atomic mass is 16.5. The number of carboxylic acids is 1. The van der Waals surface area contributed by atoms with E-state index in [1.165, 1.54) is 0 Å². The number of ether oxygens (including phenoxy) is 1. The topological polar surface area (TPSA) is 105 Å². The molecule has 0 heterocycles. The molecular weight excluding hydrogens is 408 g/mol. The van der Waals surface area contributed by atoms with Crippen molar-refractivity contribution in [2.24, 2.45) is 5.41 Å². The lowest BCUT2D eigenvalue weighted by Crippen LogP contribution is -2.48. The largest absolute Gasteiger partial charge is 0.481 e. The highest BCUT2D eigenvalue weighted by Gasteiger charge is 2.32. The Morgan fingerprint density at radius 3 is 2.12 bits per heavy atom. The Labute approximate surface area is 188 Å². The van der Waals surface area contributed by atoms with E-state index in [0.717, 1.165) is 22.3 Å². The van der Waals surface area contributed by atoms with E-state index in [-0.39, 0.29) is 31.4 Å². The maximum atomic E-state index is 12.6. The summed E-state index contributed by atoms with van der Waals surface area (Å²) in [6.07, 6.45) is -0.225. The number of carbonyl (C=O) groups is 3. The van der Waals surface area contributed by atoms with Crippen molar-refractivity contribution in [3.05, 3.63) is 59.7 Å². The zero-order valence-electron chi connectivity index (χ0n) is 18.7. The molecule has 1 unspecified atom stereocenters. The summed E-state index contributed by atoms with van der Waals surface area (Å²) in [5.74, 6) is -1.32. The van der Waals surface area contributed by atoms with Crippen LogP contribution in [0.15, 0.2) is 48.5 Å². The van der Waals surface area contributed by atoms with Gasteiger partial charge in [0, 0.05) is 18.5 Å². The third-order valence-electron chi connectivity index (χ3n) is 5.88. The molecule has 32 heavy (non-hydrogen) atoms. The van der Waals surface area contributed by atoms with E-state index in [4.69, 9.17) is 9.84 Å². The fraction of sp³-hybridized carbons (Fsp3) is 0.400. The molecule has 1 atom stereocenters. The Bertz CT molecular complexity index is 956. The molecule has 1 aliphatic rings. The third-order valence-corrected chi connectivity index (χ3v) is 5.88. The number of fused-ring (bicyclic) bond motifs is 3. The molecule has 2 aromatic carbocycles. The highest BCUT2D eigenvalue weighted by molar-refractivity contribution is 5.83. The van der Waals surface area contributed by atoms with Crippen LogP contribution in [0.3, 0.4) is 0 Å². The summed E-state index contributed by atoms with van der Waals surface area (Å²) in [7, 11) is 0. The second-order valence-electron chi connectivity index (χ2n) is 8.74. The maximum Gasteiger partial charge on any atom is 0.407 e. The van der Waals surface area contributed by atoms with Gasteiger partial charge >= 0.3 is 12.1 Å². The number of hydrogen-bond donors (Lipinski definition) is 3. The predicted octanol–water partition coefficient (Wildman–Crippen LogP) is 3.92. The molecule has 0 aromatic heterocycles. The average molecular weight is 439 g/mol. The summed E-state index contributed by atoms with van der Waals surface area (Å²) in [6, 6.07) is 15.8. The van der Waals surface area contributed by atoms with Crippen molar-refractivity contribution in [3.63, 3.8) is 0 Å². The van der Waals surface area contributed by atoms with E-state index in [1.807, 2.05) is 31.2 Å². The summed E-state index contributed by atoms with van der Waals surface area (Å²) < 4.78 is 5.51. The van der Waals surface area contributed by atoms with E-state index in [1.54, 1.807) is 13.8 Å². The molecule has 0 aliphatic heterocycles. The third kappa shape index (κ3) is 5.28. The first-order valence-corrected chi connectivity index (χ1v) is 10.8. The van der Waals surface area contributed by atoms with Crippen LogP contribution in [0, 0.1) is 5.41 Å². The van der Waals surface area contributed by atoms with Crippen LogP contribution in [-0.2, 0) is 14.3 Å². The van der Waals surface area contributed by atoms with Gasteiger partial charge in [0.1, 0.15) is 6.61 Å². The molecule has 0 bridgehead atoms. The number of aliphatic carboxylic acids is 1. The molecule has 2 aromatic rings. The number of benzene rings is 2. The molecular formula is C25H30N2O5. The van der Waals surface area contributed by atoms with Gasteiger partial charge in [-0.05, 0) is 42.5 Å². The molecule has 2 amide bonds. The quantitative estimate of drug-likeness (QED) is 0.550. The minimum Gasteiger partial charge on any atom is -0.481 e. The fourth-order valence-electron chi connectivity index (χ4n) is 3.91. The van der Waals surface area contributed by atoms with Crippen molar-refractivity contribution in [3.8, 4) is 11.1 Å². The Morgan fingerprint density at radius 2 is 1.59 bits per heavy atom. The molecule has 0 fully saturated rings. The minimum absolute atomic E-state index is 0.0363. The highest BCUT2D eigenvalue weighted by Crippen LogP contribution is 2.44. The van der Waals surface area contributed by atoms with Gasteiger partial charge in [-0.25, -0.2) is 4.79 Å². The molecule has 1 aliphatic carbocycles. The normalized spacial score (nSPS) is 13.6. The lowest BCUT2D eigenvalue weighted by Gasteiger charge is -2.26. The molecule has 170 valence electrons. The van der Waals surface area contributed by atoms with Gasteiger partial charge in [-0.15, -0.1) is 0 Å². The van der Waals surface area contributed by atoms with Gasteiger partial charge in [-0.3, -0.25) is 9.59 Å². The molecule has 7 nitrogen and oxygen atoms in total. The van der Waals surface area contributed by atoms with Gasteiger partial charge in [0.25, 0.3) is 0 Å². The van der Waals surface area contributed by atoms with Crippen molar-refractivity contribution in [1.82, 2.24) is 10.6 Å². The number of carboxylic acid groups (broad SMARTS) is 1. The summed E-state index contributed by atoms with van der Waals surface area (Å²) in [5, 5.41) is 14.4. The summed E-state index contributed by atoms with van der Waals surface area (Å²) in [4.78, 5) is 35.9. The monoisotopic (exact) mass is 438 g/mol. The second kappa shape index (κ2) is 9.85. The van der Waals surface area contributed by atoms with Crippen LogP contribution in [0.1, 0.15) is 50.7 Å². The molecule has 0 saturated carbocycles. The lowest BCUT2D eigenvalue weighted by atomic mass is 9.91. The van der Waals surface area contributed by atoms with Crippen molar-refractivity contribution in [2.45, 2.75) is 45.6 Å². The lowest BCUT2D eigenvalue weighted by molar-refractivity contribution is -0.138. The molecule has 7 heteroatoms. The Hall–Kier alpha value is -3.35. The van der Waals surface area contributed by atoms with Gasteiger partial charge in [0.2, 0.25) is 5.91 Å². The van der Waals surface area contributed by atoms with Crippen LogP contribution in [0.4, 0.5) is 4.79 Å². The number of alkyl carbamates (subject to hydrolysis) is 1. The van der Waals surface area contributed by atoms with Crippen LogP contribution < -0.4 is 10.6 Å². The van der Waals surface area contributed by atoms with Gasteiger partial charge in [0.15, 0.2) is 0 Å². The van der Waals surface area contributed by atoms with Crippen LogP contribution >= 0.6 is 0 Å². The smallest absolute Gasteiger partial charge is 0.407 e. The molecule has 0 spiro atoms. The van der Waals surface area contributed by atoms with E-state index >= 15 is 0 Å². The Kier molecular flexibility index (Phi) is 7.18. The van der Waals surface area contributed by atoms with Gasteiger partial charge in [-0.2, -0.15) is 0 Å². The Morgan fingerprint density at radius 1 is 1.03 bits per heavy atom. The number of nitrogens with one attached hydrogen (secondary N) is 2. The van der Waals surface area contributed by atoms with E-state index in [2.05, 4.69) is 34.9 Å². The molecule has 0 saturated heterocycles. The van der Waals surface area contributed by atoms with Gasteiger partial charge in [-0.1, -0.05) is 55.5 Å². The number of amides is 2. The predicted molar refractivity (Wildman–Crippen MR) is 121 cm³/mol. The Balaban J connectivity index is 1.55. The van der Waals surface area contributed by atoms with Gasteiger partial charge < -0.3 is 20.5 Å². The maximum absolute atomic E-state index is 12.6. The zero-order chi connectivity index (χ0) is 23.3. The number of rotatable bonds is 9. The van der Waals surface area contributed by atoms with Gasteiger partial charge in [0.05, 0.1) is 11.8 Å². The summed E-state index contributed by atoms with van der Waals surface area (Å²) in [6.45, 7) is 5.47. The molecule has 3 rings (SSSR count). The first kappa shape index (κ1) is 23.3. The van der Waals surface area contributed by atoms with E-state index < -0.39 is 23.5 Å². The standard InChI is InChI=1S/C25H30N2O5/c1-4-16(13-22(28)29)27-23(30)25(2,3)15-26-24(31)32-14-21-19-11-7-5-9-17(19)18-10-6-8-12-20(18)21/h5-12,16,21H,4,13-15H2,1-3H3,(H,26,31)(H,27,30)(H,28,29). The van der Waals surface area contributed by atoms with Crippen molar-refractivity contribution in [2.75, 3.05) is 13.2 Å². The van der Waals surface area contributed by atoms with Crippen LogP contribution in [-0.4, -0.2) is 42.3 Å². The number of hydrogen-bond acceptors (Lipinski definition) is 4. The van der Waals surface area contributed by atoms with Crippen molar-refractivity contribution < 1.29 is 24.2 Å². The minimum atomic E-state index is -0.966. The van der Waals surface area contributed by atoms with Crippen LogP contribution in [0.2, 0.25) is 0 Å². The summed E-state index contributed by atoms with van der Waals surface area (Å²) >= 11 is 0.